The third-order valence-electron chi connectivity index (χ3n) is 5.85. The molecule has 31 heavy (non-hydrogen) atoms. The van der Waals surface area contributed by atoms with Crippen LogP contribution in [0.2, 0.25) is 0 Å². The molecule has 2 fully saturated rings. The van der Waals surface area contributed by atoms with E-state index in [1.807, 2.05) is 66.7 Å². The van der Waals surface area contributed by atoms with Crippen LogP contribution >= 0.6 is 0 Å². The van der Waals surface area contributed by atoms with Crippen LogP contribution in [0, 0.1) is 0 Å². The predicted molar refractivity (Wildman–Crippen MR) is 118 cm³/mol. The van der Waals surface area contributed by atoms with Crippen LogP contribution in [0.15, 0.2) is 66.7 Å². The first-order valence-electron chi connectivity index (χ1n) is 10.6. The Bertz CT molecular complexity index is 1100. The standard InChI is InChI=1S/C24H24N4O3/c29-23(17-27-14-15-28(24(27)30)19-7-2-1-3-8-19)26-13-12-20(16-26)31-22-11-10-18-6-4-5-9-21(18)25-22/h1-11,20H,12-17H2/t20-/m0/s1. The van der Waals surface area contributed by atoms with Gasteiger partial charge in [0.15, 0.2) is 0 Å². The third kappa shape index (κ3) is 4.03. The van der Waals surface area contributed by atoms with Crippen molar-refractivity contribution in [1.82, 2.24) is 14.8 Å². The van der Waals surface area contributed by atoms with E-state index in [0.29, 0.717) is 32.1 Å². The number of fused-ring (bicyclic) bond motifs is 1. The summed E-state index contributed by atoms with van der Waals surface area (Å²) in [6.07, 6.45) is 0.664. The van der Waals surface area contributed by atoms with Gasteiger partial charge in [-0.2, -0.15) is 0 Å². The summed E-state index contributed by atoms with van der Waals surface area (Å²) in [5.74, 6) is 0.534. The smallest absolute Gasteiger partial charge is 0.325 e. The summed E-state index contributed by atoms with van der Waals surface area (Å²) in [4.78, 5) is 35.2. The maximum atomic E-state index is 12.8. The molecule has 0 aliphatic carbocycles. The molecule has 2 aliphatic rings. The molecule has 7 heteroatoms. The van der Waals surface area contributed by atoms with E-state index in [1.54, 1.807) is 14.7 Å². The molecule has 3 amide bonds. The van der Waals surface area contributed by atoms with Gasteiger partial charge in [-0.1, -0.05) is 36.4 Å². The average molecular weight is 416 g/mol. The number of carbonyl (C=O) groups excluding carboxylic acids is 2. The Kier molecular flexibility index (Phi) is 5.16. The van der Waals surface area contributed by atoms with Crippen molar-refractivity contribution in [3.05, 3.63) is 66.7 Å². The Morgan fingerprint density at radius 3 is 2.65 bits per heavy atom. The molecule has 5 rings (SSSR count). The molecule has 0 spiro atoms. The summed E-state index contributed by atoms with van der Waals surface area (Å²) in [6.45, 7) is 2.38. The Morgan fingerprint density at radius 2 is 1.77 bits per heavy atom. The molecule has 0 saturated carbocycles. The van der Waals surface area contributed by atoms with Gasteiger partial charge in [-0.3, -0.25) is 9.69 Å². The molecule has 1 atom stereocenters. The van der Waals surface area contributed by atoms with Crippen molar-refractivity contribution in [2.75, 3.05) is 37.6 Å². The van der Waals surface area contributed by atoms with Crippen LogP contribution in [0.4, 0.5) is 10.5 Å². The van der Waals surface area contributed by atoms with Crippen molar-refractivity contribution < 1.29 is 14.3 Å². The van der Waals surface area contributed by atoms with Crippen molar-refractivity contribution >= 4 is 28.5 Å². The van der Waals surface area contributed by atoms with Crippen LogP contribution < -0.4 is 9.64 Å². The summed E-state index contributed by atoms with van der Waals surface area (Å²) in [5, 5.41) is 1.07. The highest BCUT2D eigenvalue weighted by atomic mass is 16.5. The molecular weight excluding hydrogens is 392 g/mol. The number of anilines is 1. The molecule has 158 valence electrons. The molecule has 3 heterocycles. The number of ether oxygens (including phenoxy) is 1. The number of pyridine rings is 1. The summed E-state index contributed by atoms with van der Waals surface area (Å²) in [6, 6.07) is 21.2. The Balaban J connectivity index is 1.16. The van der Waals surface area contributed by atoms with Crippen LogP contribution in [0.3, 0.4) is 0 Å². The lowest BCUT2D eigenvalue weighted by Crippen LogP contribution is -2.42. The number of hydrogen-bond donors (Lipinski definition) is 0. The number of amides is 3. The molecule has 2 saturated heterocycles. The molecular formula is C24H24N4O3. The second-order valence-electron chi connectivity index (χ2n) is 7.90. The lowest BCUT2D eigenvalue weighted by Gasteiger charge is -2.22. The first-order chi connectivity index (χ1) is 15.2. The number of urea groups is 1. The van der Waals surface area contributed by atoms with Crippen LogP contribution in [0.1, 0.15) is 6.42 Å². The zero-order chi connectivity index (χ0) is 21.2. The largest absolute Gasteiger partial charge is 0.472 e. The topological polar surface area (TPSA) is 66.0 Å². The summed E-state index contributed by atoms with van der Waals surface area (Å²) >= 11 is 0. The zero-order valence-corrected chi connectivity index (χ0v) is 17.2. The third-order valence-corrected chi connectivity index (χ3v) is 5.85. The normalized spacial score (nSPS) is 18.8. The Labute approximate surface area is 180 Å². The number of nitrogens with zero attached hydrogens (tertiary/aromatic N) is 4. The molecule has 2 aliphatic heterocycles. The van der Waals surface area contributed by atoms with Gasteiger partial charge in [0.05, 0.1) is 12.1 Å². The Hall–Kier alpha value is -3.61. The number of hydrogen-bond acceptors (Lipinski definition) is 4. The van der Waals surface area contributed by atoms with Crippen LogP contribution in [0.5, 0.6) is 5.88 Å². The van der Waals surface area contributed by atoms with Crippen LogP contribution in [-0.2, 0) is 4.79 Å². The SMILES string of the molecule is O=C(CN1CCN(c2ccccc2)C1=O)N1CC[C@H](Oc2ccc3ccccc3n2)C1. The molecule has 0 bridgehead atoms. The van der Waals surface area contributed by atoms with E-state index in [0.717, 1.165) is 23.0 Å². The van der Waals surface area contributed by atoms with Crippen LogP contribution in [0.25, 0.3) is 10.9 Å². The molecule has 1 aromatic heterocycles. The fraction of sp³-hybridized carbons (Fsp3) is 0.292. The molecule has 0 N–H and O–H groups in total. The number of likely N-dealkylation sites (tertiary alicyclic amines) is 1. The number of carbonyl (C=O) groups is 2. The zero-order valence-electron chi connectivity index (χ0n) is 17.2. The second-order valence-corrected chi connectivity index (χ2v) is 7.90. The van der Waals surface area contributed by atoms with Crippen molar-refractivity contribution in [3.8, 4) is 5.88 Å². The summed E-state index contributed by atoms with van der Waals surface area (Å²) in [7, 11) is 0. The van der Waals surface area contributed by atoms with Gasteiger partial charge in [0.1, 0.15) is 12.6 Å². The second kappa shape index (κ2) is 8.26. The molecule has 7 nitrogen and oxygen atoms in total. The average Bonchev–Trinajstić information content (AvgIpc) is 3.41. The minimum absolute atomic E-state index is 0.0409. The number of aromatic nitrogens is 1. The van der Waals surface area contributed by atoms with Crippen molar-refractivity contribution in [1.29, 1.82) is 0 Å². The first-order valence-corrected chi connectivity index (χ1v) is 10.6. The van der Waals surface area contributed by atoms with Gasteiger partial charge in [-0.05, 0) is 24.3 Å². The fourth-order valence-electron chi connectivity index (χ4n) is 4.17. The van der Waals surface area contributed by atoms with Gasteiger partial charge >= 0.3 is 6.03 Å². The van der Waals surface area contributed by atoms with Gasteiger partial charge in [-0.15, -0.1) is 0 Å². The lowest BCUT2D eigenvalue weighted by atomic mass is 10.2. The van der Waals surface area contributed by atoms with E-state index in [4.69, 9.17) is 4.74 Å². The van der Waals surface area contributed by atoms with Gasteiger partial charge in [0.2, 0.25) is 11.8 Å². The van der Waals surface area contributed by atoms with Gasteiger partial charge in [0, 0.05) is 43.2 Å². The monoisotopic (exact) mass is 416 g/mol. The van der Waals surface area contributed by atoms with E-state index >= 15 is 0 Å². The number of para-hydroxylation sites is 2. The minimum atomic E-state index is -0.119. The van der Waals surface area contributed by atoms with Gasteiger partial charge in [-0.25, -0.2) is 9.78 Å². The van der Waals surface area contributed by atoms with E-state index in [-0.39, 0.29) is 24.6 Å². The quantitative estimate of drug-likeness (QED) is 0.641. The highest BCUT2D eigenvalue weighted by molar-refractivity contribution is 5.96. The van der Waals surface area contributed by atoms with Gasteiger partial charge < -0.3 is 14.5 Å². The van der Waals surface area contributed by atoms with E-state index in [1.165, 1.54) is 0 Å². The lowest BCUT2D eigenvalue weighted by molar-refractivity contribution is -0.130. The predicted octanol–water partition coefficient (Wildman–Crippen LogP) is 3.16. The molecule has 0 unspecified atom stereocenters. The van der Waals surface area contributed by atoms with Crippen molar-refractivity contribution in [2.45, 2.75) is 12.5 Å². The highest BCUT2D eigenvalue weighted by Gasteiger charge is 2.34. The fourth-order valence-corrected chi connectivity index (χ4v) is 4.17. The van der Waals surface area contributed by atoms with Crippen molar-refractivity contribution in [2.24, 2.45) is 0 Å². The first kappa shape index (κ1) is 19.4. The molecule has 3 aromatic rings. The van der Waals surface area contributed by atoms with E-state index in [2.05, 4.69) is 4.98 Å². The summed E-state index contributed by atoms with van der Waals surface area (Å²) in [5.41, 5.74) is 1.75. The highest BCUT2D eigenvalue weighted by Crippen LogP contribution is 2.22. The Morgan fingerprint density at radius 1 is 0.968 bits per heavy atom. The van der Waals surface area contributed by atoms with E-state index in [9.17, 15) is 9.59 Å². The summed E-state index contributed by atoms with van der Waals surface area (Å²) < 4.78 is 6.04. The van der Waals surface area contributed by atoms with Crippen LogP contribution in [-0.4, -0.2) is 65.5 Å². The maximum absolute atomic E-state index is 12.8. The maximum Gasteiger partial charge on any atom is 0.325 e. The number of rotatable bonds is 5. The molecule has 2 aromatic carbocycles. The molecule has 0 radical (unpaired) electrons. The van der Waals surface area contributed by atoms with Gasteiger partial charge in [0.25, 0.3) is 0 Å². The number of benzene rings is 2. The minimum Gasteiger partial charge on any atom is -0.472 e. The van der Waals surface area contributed by atoms with E-state index < -0.39 is 0 Å². The van der Waals surface area contributed by atoms with Crippen molar-refractivity contribution in [3.63, 3.8) is 0 Å².